The van der Waals surface area contributed by atoms with Gasteiger partial charge in [-0.05, 0) is 25.5 Å². The third-order valence-electron chi connectivity index (χ3n) is 5.51. The van der Waals surface area contributed by atoms with E-state index in [4.69, 9.17) is 21.1 Å². The Morgan fingerprint density at radius 3 is 2.81 bits per heavy atom. The van der Waals surface area contributed by atoms with Crippen LogP contribution in [0.4, 0.5) is 17.5 Å². The fraction of sp³-hybridized carbons (Fsp3) is 0.450. The normalized spacial score (nSPS) is 24.9. The molecule has 0 aromatic carbocycles. The molecule has 2 N–H and O–H groups in total. The van der Waals surface area contributed by atoms with Crippen LogP contribution in [0.2, 0.25) is 5.02 Å². The maximum atomic E-state index is 6.34. The molecule has 3 aromatic heterocycles. The van der Waals surface area contributed by atoms with Crippen molar-refractivity contribution in [1.29, 1.82) is 0 Å². The van der Waals surface area contributed by atoms with Crippen molar-refractivity contribution in [1.82, 2.24) is 29.9 Å². The monoisotopic (exact) mass is 442 g/mol. The van der Waals surface area contributed by atoms with Crippen LogP contribution in [-0.2, 0) is 22.9 Å². The first-order valence-electron chi connectivity index (χ1n) is 10.1. The van der Waals surface area contributed by atoms with Crippen LogP contribution in [0.5, 0.6) is 0 Å². The summed E-state index contributed by atoms with van der Waals surface area (Å²) in [6.45, 7) is 3.06. The van der Waals surface area contributed by atoms with Gasteiger partial charge in [0.15, 0.2) is 5.82 Å². The van der Waals surface area contributed by atoms with Gasteiger partial charge >= 0.3 is 0 Å². The Bertz CT molecular complexity index is 1060. The third-order valence-corrected chi connectivity index (χ3v) is 5.78. The van der Waals surface area contributed by atoms with E-state index in [2.05, 4.69) is 35.9 Å². The Morgan fingerprint density at radius 2 is 2.03 bits per heavy atom. The van der Waals surface area contributed by atoms with Gasteiger partial charge in [-0.15, -0.1) is 0 Å². The van der Waals surface area contributed by atoms with Crippen molar-refractivity contribution in [2.24, 2.45) is 13.0 Å². The van der Waals surface area contributed by atoms with Crippen molar-refractivity contribution < 1.29 is 9.47 Å². The number of anilines is 3. The van der Waals surface area contributed by atoms with Crippen molar-refractivity contribution in [2.75, 3.05) is 23.8 Å². The van der Waals surface area contributed by atoms with Crippen LogP contribution in [0.15, 0.2) is 30.7 Å². The van der Waals surface area contributed by atoms with Crippen LogP contribution in [-0.4, -0.2) is 61.4 Å². The Kier molecular flexibility index (Phi) is 5.43. The van der Waals surface area contributed by atoms with Crippen LogP contribution in [0, 0.1) is 12.8 Å². The molecule has 4 atom stereocenters. The minimum absolute atomic E-state index is 0.00537. The van der Waals surface area contributed by atoms with E-state index in [1.54, 1.807) is 17.1 Å². The second-order valence-electron chi connectivity index (χ2n) is 7.89. The average Bonchev–Trinajstić information content (AvgIpc) is 3.45. The maximum Gasteiger partial charge on any atom is 0.229 e. The number of hydrogen-bond acceptors (Lipinski definition) is 9. The Balaban J connectivity index is 1.25. The molecule has 2 fully saturated rings. The van der Waals surface area contributed by atoms with Crippen LogP contribution in [0.3, 0.4) is 0 Å². The topological polar surface area (TPSA) is 112 Å². The minimum Gasteiger partial charge on any atom is -0.373 e. The lowest BCUT2D eigenvalue weighted by molar-refractivity contribution is 0.0631. The number of nitrogens with zero attached hydrogens (tertiary/aromatic N) is 6. The van der Waals surface area contributed by atoms with Gasteiger partial charge in [0.2, 0.25) is 5.95 Å². The molecule has 2 aliphatic heterocycles. The van der Waals surface area contributed by atoms with Gasteiger partial charge < -0.3 is 20.1 Å². The standard InChI is InChI=1S/C20H23ClN8O2/c1-11-3-4-13(28-27-11)5-12-9-30-18-16(10-31-17(12)18)25-19-15(21)7-22-20(26-19)24-14-6-23-29(2)8-14/h3-4,6-8,12,16-18H,5,9-10H2,1-2H3,(H2,22,24,25,26)/t12-,16+,17?,18?/m0/s1. The van der Waals surface area contributed by atoms with Crippen LogP contribution >= 0.6 is 11.6 Å². The Labute approximate surface area is 184 Å². The number of halogens is 1. The lowest BCUT2D eigenvalue weighted by Crippen LogP contribution is -2.35. The summed E-state index contributed by atoms with van der Waals surface area (Å²) in [5.41, 5.74) is 2.65. The van der Waals surface area contributed by atoms with Gasteiger partial charge in [-0.25, -0.2) is 4.98 Å². The number of aryl methyl sites for hydroxylation is 2. The Hall–Kier alpha value is -2.82. The van der Waals surface area contributed by atoms with E-state index in [1.807, 2.05) is 32.3 Å². The average molecular weight is 443 g/mol. The van der Waals surface area contributed by atoms with E-state index in [0.717, 1.165) is 23.5 Å². The quantitative estimate of drug-likeness (QED) is 0.592. The molecule has 0 spiro atoms. The molecule has 0 radical (unpaired) electrons. The smallest absolute Gasteiger partial charge is 0.229 e. The van der Waals surface area contributed by atoms with E-state index < -0.39 is 0 Å². The van der Waals surface area contributed by atoms with Gasteiger partial charge in [0.25, 0.3) is 0 Å². The number of rotatable bonds is 6. The molecule has 3 aromatic rings. The van der Waals surface area contributed by atoms with Gasteiger partial charge in [0, 0.05) is 19.2 Å². The van der Waals surface area contributed by atoms with Crippen molar-refractivity contribution in [2.45, 2.75) is 31.6 Å². The molecule has 11 heteroatoms. The first-order chi connectivity index (χ1) is 15.0. The lowest BCUT2D eigenvalue weighted by Gasteiger charge is -2.19. The summed E-state index contributed by atoms with van der Waals surface area (Å²) < 4.78 is 13.9. The van der Waals surface area contributed by atoms with Gasteiger partial charge in [0.05, 0.1) is 54.8 Å². The highest BCUT2D eigenvalue weighted by Gasteiger charge is 2.47. The summed E-state index contributed by atoms with van der Waals surface area (Å²) in [7, 11) is 1.84. The lowest BCUT2D eigenvalue weighted by atomic mass is 9.95. The summed E-state index contributed by atoms with van der Waals surface area (Å²) >= 11 is 6.34. The SMILES string of the molecule is Cc1ccc(C[C@H]2COC3C2OC[C@H]3Nc2nc(Nc3cnn(C)c3)ncc2Cl)nn1. The predicted molar refractivity (Wildman–Crippen MR) is 114 cm³/mol. The van der Waals surface area contributed by atoms with Crippen molar-refractivity contribution >= 4 is 29.1 Å². The number of nitrogens with one attached hydrogen (secondary N) is 2. The molecule has 5 heterocycles. The molecule has 31 heavy (non-hydrogen) atoms. The van der Waals surface area contributed by atoms with Gasteiger partial charge in [0.1, 0.15) is 11.1 Å². The molecule has 2 aliphatic rings. The van der Waals surface area contributed by atoms with Gasteiger partial charge in [-0.2, -0.15) is 20.3 Å². The summed E-state index contributed by atoms with van der Waals surface area (Å²) in [6, 6.07) is 3.93. The predicted octanol–water partition coefficient (Wildman–Crippen LogP) is 2.14. The molecule has 10 nitrogen and oxygen atoms in total. The Morgan fingerprint density at radius 1 is 1.16 bits per heavy atom. The van der Waals surface area contributed by atoms with Crippen LogP contribution < -0.4 is 10.6 Å². The molecule has 2 unspecified atom stereocenters. The molecule has 162 valence electrons. The summed E-state index contributed by atoms with van der Waals surface area (Å²) in [4.78, 5) is 8.76. The zero-order valence-electron chi connectivity index (χ0n) is 17.2. The number of fused-ring (bicyclic) bond motifs is 1. The van der Waals surface area contributed by atoms with Crippen molar-refractivity contribution in [3.05, 3.63) is 47.1 Å². The highest BCUT2D eigenvalue weighted by atomic mass is 35.5. The fourth-order valence-corrected chi connectivity index (χ4v) is 4.15. The largest absolute Gasteiger partial charge is 0.373 e. The first kappa shape index (κ1) is 20.1. The molecule has 5 rings (SSSR count). The van der Waals surface area contributed by atoms with E-state index in [1.165, 1.54) is 0 Å². The van der Waals surface area contributed by atoms with Gasteiger partial charge in [-0.3, -0.25) is 4.68 Å². The fourth-order valence-electron chi connectivity index (χ4n) is 4.00. The van der Waals surface area contributed by atoms with Crippen LogP contribution in [0.1, 0.15) is 11.4 Å². The second kappa shape index (κ2) is 8.37. The van der Waals surface area contributed by atoms with Crippen LogP contribution in [0.25, 0.3) is 0 Å². The molecule has 0 amide bonds. The molecular formula is C20H23ClN8O2. The third kappa shape index (κ3) is 4.32. The highest BCUT2D eigenvalue weighted by molar-refractivity contribution is 6.32. The van der Waals surface area contributed by atoms with E-state index in [9.17, 15) is 0 Å². The second-order valence-corrected chi connectivity index (χ2v) is 8.30. The van der Waals surface area contributed by atoms with Crippen molar-refractivity contribution in [3.8, 4) is 0 Å². The highest BCUT2D eigenvalue weighted by Crippen LogP contribution is 2.35. The number of aromatic nitrogens is 6. The maximum absolute atomic E-state index is 6.34. The number of hydrogen-bond donors (Lipinski definition) is 2. The first-order valence-corrected chi connectivity index (χ1v) is 10.5. The van der Waals surface area contributed by atoms with E-state index in [0.29, 0.717) is 30.0 Å². The minimum atomic E-state index is -0.0795. The molecule has 0 bridgehead atoms. The zero-order chi connectivity index (χ0) is 21.4. The summed E-state index contributed by atoms with van der Waals surface area (Å²) in [6.07, 6.45) is 5.79. The number of ether oxygens (including phenoxy) is 2. The van der Waals surface area contributed by atoms with Crippen molar-refractivity contribution in [3.63, 3.8) is 0 Å². The zero-order valence-corrected chi connectivity index (χ0v) is 18.0. The summed E-state index contributed by atoms with van der Waals surface area (Å²) in [5, 5.41) is 19.5. The molecular weight excluding hydrogens is 420 g/mol. The molecule has 0 saturated carbocycles. The molecule has 0 aliphatic carbocycles. The molecule has 2 saturated heterocycles. The van der Waals surface area contributed by atoms with Gasteiger partial charge in [-0.1, -0.05) is 11.6 Å². The van der Waals surface area contributed by atoms with E-state index >= 15 is 0 Å². The van der Waals surface area contributed by atoms with E-state index in [-0.39, 0.29) is 24.2 Å². The summed E-state index contributed by atoms with van der Waals surface area (Å²) in [5.74, 6) is 1.20.